The van der Waals surface area contributed by atoms with Crippen LogP contribution in [0.4, 0.5) is 0 Å². The quantitative estimate of drug-likeness (QED) is 0.553. The Balaban J connectivity index is 3.26. The molecule has 0 fully saturated rings. The number of furan rings is 1. The van der Waals surface area contributed by atoms with E-state index < -0.39 is 20.1 Å². The van der Waals surface area contributed by atoms with Gasteiger partial charge in [-0.05, 0) is 6.07 Å². The minimum absolute atomic E-state index is 0.211. The lowest BCUT2D eigenvalue weighted by atomic mass is 10.3. The van der Waals surface area contributed by atoms with Crippen molar-refractivity contribution >= 4 is 25.7 Å². The molecule has 1 rings (SSSR count). The van der Waals surface area contributed by atoms with Crippen molar-refractivity contribution in [3.63, 3.8) is 0 Å². The summed E-state index contributed by atoms with van der Waals surface area (Å²) in [5, 5.41) is -0.596. The minimum Gasteiger partial charge on any atom is -0.465 e. The van der Waals surface area contributed by atoms with Crippen LogP contribution in [0.15, 0.2) is 21.8 Å². The monoisotopic (exact) mass is 224 g/mol. The van der Waals surface area contributed by atoms with Gasteiger partial charge in [-0.25, -0.2) is 13.2 Å². The van der Waals surface area contributed by atoms with E-state index in [0.717, 1.165) is 13.4 Å². The van der Waals surface area contributed by atoms with Gasteiger partial charge in [-0.1, -0.05) is 0 Å². The van der Waals surface area contributed by atoms with E-state index in [1.54, 1.807) is 0 Å². The van der Waals surface area contributed by atoms with Gasteiger partial charge in [0.25, 0.3) is 9.05 Å². The van der Waals surface area contributed by atoms with Gasteiger partial charge >= 0.3 is 5.97 Å². The minimum atomic E-state index is -4.04. The topological polar surface area (TPSA) is 73.6 Å². The normalized spacial score (nSPS) is 11.2. The maximum Gasteiger partial charge on any atom is 0.342 e. The van der Waals surface area contributed by atoms with Gasteiger partial charge in [0.1, 0.15) is 5.56 Å². The van der Waals surface area contributed by atoms with Crippen LogP contribution in [0.1, 0.15) is 10.4 Å². The predicted octanol–water partition coefficient (Wildman–Crippen LogP) is 0.994. The van der Waals surface area contributed by atoms with Gasteiger partial charge in [-0.2, -0.15) is 0 Å². The highest BCUT2D eigenvalue weighted by Gasteiger charge is 2.24. The summed E-state index contributed by atoms with van der Waals surface area (Å²) in [6, 6.07) is 1.17. The van der Waals surface area contributed by atoms with Crippen LogP contribution in [0, 0.1) is 0 Å². The first-order valence-electron chi connectivity index (χ1n) is 3.07. The molecule has 72 valence electrons. The number of hydrogen-bond donors (Lipinski definition) is 0. The van der Waals surface area contributed by atoms with E-state index in [4.69, 9.17) is 10.7 Å². The van der Waals surface area contributed by atoms with Gasteiger partial charge in [0, 0.05) is 10.7 Å². The van der Waals surface area contributed by atoms with E-state index >= 15 is 0 Å². The molecule has 0 atom stereocenters. The number of carbonyl (C=O) groups excluding carboxylic acids is 1. The van der Waals surface area contributed by atoms with Crippen LogP contribution in [0.2, 0.25) is 0 Å². The van der Waals surface area contributed by atoms with E-state index in [1.165, 1.54) is 6.07 Å². The molecule has 0 saturated heterocycles. The molecular weight excluding hydrogens is 220 g/mol. The molecule has 0 N–H and O–H groups in total. The summed E-state index contributed by atoms with van der Waals surface area (Å²) in [5.74, 6) is -0.812. The molecule has 0 radical (unpaired) electrons. The summed E-state index contributed by atoms with van der Waals surface area (Å²) in [4.78, 5) is 10.9. The molecule has 0 spiro atoms. The molecule has 0 unspecified atom stereocenters. The fourth-order valence-electron chi connectivity index (χ4n) is 0.746. The number of rotatable bonds is 2. The average Bonchev–Trinajstić information content (AvgIpc) is 2.49. The summed E-state index contributed by atoms with van der Waals surface area (Å²) in [7, 11) is 2.06. The highest BCUT2D eigenvalue weighted by molar-refractivity contribution is 8.13. The summed E-state index contributed by atoms with van der Waals surface area (Å²) in [6.45, 7) is 0. The van der Waals surface area contributed by atoms with Gasteiger partial charge in [-0.3, -0.25) is 0 Å². The predicted molar refractivity (Wildman–Crippen MR) is 43.1 cm³/mol. The molecule has 0 amide bonds. The van der Waals surface area contributed by atoms with Crippen molar-refractivity contribution in [1.29, 1.82) is 0 Å². The number of esters is 1. The van der Waals surface area contributed by atoms with Crippen molar-refractivity contribution in [2.75, 3.05) is 7.11 Å². The summed E-state index contributed by atoms with van der Waals surface area (Å²) in [6.07, 6.45) is 1.04. The third-order valence-corrected chi connectivity index (χ3v) is 2.44. The van der Waals surface area contributed by atoms with Crippen LogP contribution in [0.5, 0.6) is 0 Å². The van der Waals surface area contributed by atoms with E-state index in [-0.39, 0.29) is 5.56 Å². The standard InChI is InChI=1S/C6H5ClO5S/c1-11-5(8)4-2-3-12-6(4)13(7,9)10/h2-3H,1H3. The fraction of sp³-hybridized carbons (Fsp3) is 0.167. The van der Waals surface area contributed by atoms with Crippen LogP contribution in [-0.4, -0.2) is 21.5 Å². The maximum absolute atomic E-state index is 10.9. The van der Waals surface area contributed by atoms with Crippen molar-refractivity contribution < 1.29 is 22.4 Å². The first-order chi connectivity index (χ1) is 5.96. The Morgan fingerprint density at radius 2 is 2.23 bits per heavy atom. The molecule has 5 nitrogen and oxygen atoms in total. The highest BCUT2D eigenvalue weighted by atomic mass is 35.7. The maximum atomic E-state index is 10.9. The SMILES string of the molecule is COC(=O)c1ccoc1S(=O)(=O)Cl. The summed E-state index contributed by atoms with van der Waals surface area (Å²) < 4.78 is 30.4. The van der Waals surface area contributed by atoms with Crippen LogP contribution >= 0.6 is 10.7 Å². The number of hydrogen-bond acceptors (Lipinski definition) is 5. The Morgan fingerprint density at radius 3 is 2.69 bits per heavy atom. The molecule has 1 heterocycles. The molecular formula is C6H5ClO5S. The fourth-order valence-corrected chi connectivity index (χ4v) is 1.69. The van der Waals surface area contributed by atoms with Crippen LogP contribution in [0.25, 0.3) is 0 Å². The third-order valence-electron chi connectivity index (χ3n) is 1.26. The second kappa shape index (κ2) is 3.39. The van der Waals surface area contributed by atoms with Crippen molar-refractivity contribution in [3.8, 4) is 0 Å². The van der Waals surface area contributed by atoms with Crippen molar-refractivity contribution in [1.82, 2.24) is 0 Å². The Kier molecular flexibility index (Phi) is 2.63. The smallest absolute Gasteiger partial charge is 0.342 e. The molecule has 0 saturated carbocycles. The lowest BCUT2D eigenvalue weighted by Crippen LogP contribution is -2.04. The van der Waals surface area contributed by atoms with E-state index in [0.29, 0.717) is 0 Å². The Morgan fingerprint density at radius 1 is 1.62 bits per heavy atom. The molecule has 1 aromatic rings. The number of halogens is 1. The van der Waals surface area contributed by atoms with Crippen LogP contribution < -0.4 is 0 Å². The molecule has 0 aliphatic rings. The molecule has 7 heteroatoms. The molecule has 13 heavy (non-hydrogen) atoms. The average molecular weight is 225 g/mol. The van der Waals surface area contributed by atoms with Crippen molar-refractivity contribution in [2.45, 2.75) is 5.09 Å². The van der Waals surface area contributed by atoms with Gasteiger partial charge in [0.05, 0.1) is 13.4 Å². The van der Waals surface area contributed by atoms with E-state index in [9.17, 15) is 13.2 Å². The van der Waals surface area contributed by atoms with Gasteiger partial charge in [0.2, 0.25) is 5.09 Å². The van der Waals surface area contributed by atoms with Gasteiger partial charge < -0.3 is 9.15 Å². The number of carbonyl (C=O) groups is 1. The van der Waals surface area contributed by atoms with Gasteiger partial charge in [-0.15, -0.1) is 0 Å². The zero-order valence-corrected chi connectivity index (χ0v) is 8.05. The molecule has 0 aromatic carbocycles. The van der Waals surface area contributed by atoms with Crippen LogP contribution in [0.3, 0.4) is 0 Å². The third kappa shape index (κ3) is 2.02. The first-order valence-corrected chi connectivity index (χ1v) is 5.38. The van der Waals surface area contributed by atoms with Crippen LogP contribution in [-0.2, 0) is 13.8 Å². The van der Waals surface area contributed by atoms with E-state index in [2.05, 4.69) is 9.15 Å². The first kappa shape index (κ1) is 10.1. The zero-order chi connectivity index (χ0) is 10.1. The highest BCUT2D eigenvalue weighted by Crippen LogP contribution is 2.21. The Hall–Kier alpha value is -1.01. The number of ether oxygens (including phenoxy) is 1. The largest absolute Gasteiger partial charge is 0.465 e. The lowest BCUT2D eigenvalue weighted by molar-refractivity contribution is 0.0593. The molecule has 0 bridgehead atoms. The summed E-state index contributed by atoms with van der Waals surface area (Å²) in [5.41, 5.74) is -0.211. The van der Waals surface area contributed by atoms with Gasteiger partial charge in [0.15, 0.2) is 0 Å². The van der Waals surface area contributed by atoms with E-state index in [1.807, 2.05) is 0 Å². The Labute approximate surface area is 78.7 Å². The molecule has 0 aliphatic heterocycles. The molecule has 0 aliphatic carbocycles. The zero-order valence-electron chi connectivity index (χ0n) is 6.48. The van der Waals surface area contributed by atoms with Crippen molar-refractivity contribution in [2.24, 2.45) is 0 Å². The number of methoxy groups -OCH3 is 1. The lowest BCUT2D eigenvalue weighted by Gasteiger charge is -1.95. The second-order valence-electron chi connectivity index (χ2n) is 2.05. The molecule has 1 aromatic heterocycles. The summed E-state index contributed by atoms with van der Waals surface area (Å²) >= 11 is 0. The second-order valence-corrected chi connectivity index (χ2v) is 4.52. The van der Waals surface area contributed by atoms with Crippen molar-refractivity contribution in [3.05, 3.63) is 17.9 Å². The Bertz CT molecular complexity index is 418.